The van der Waals surface area contributed by atoms with Crippen molar-refractivity contribution < 1.29 is 14.3 Å². The van der Waals surface area contributed by atoms with Crippen LogP contribution >= 0.6 is 0 Å². The minimum absolute atomic E-state index is 0.0732. The molecule has 1 aliphatic heterocycles. The van der Waals surface area contributed by atoms with Crippen LogP contribution in [0.25, 0.3) is 0 Å². The number of nitrogens with zero attached hydrogens (tertiary/aromatic N) is 2. The molecule has 2 aromatic rings. The molecule has 132 valence electrons. The summed E-state index contributed by atoms with van der Waals surface area (Å²) in [5.74, 6) is -0.0212. The van der Waals surface area contributed by atoms with Gasteiger partial charge in [0.05, 0.1) is 25.3 Å². The molecule has 7 nitrogen and oxygen atoms in total. The first-order valence-corrected chi connectivity index (χ1v) is 8.11. The molecule has 0 radical (unpaired) electrons. The summed E-state index contributed by atoms with van der Waals surface area (Å²) in [6.07, 6.45) is -0.163. The Bertz CT molecular complexity index is 843. The number of rotatable bonds is 5. The third-order valence-electron chi connectivity index (χ3n) is 4.08. The van der Waals surface area contributed by atoms with E-state index in [1.165, 1.54) is 0 Å². The minimum atomic E-state index is -0.720. The van der Waals surface area contributed by atoms with Gasteiger partial charge in [0.15, 0.2) is 0 Å². The maximum atomic E-state index is 12.9. The topological polar surface area (TPSA) is 96.4 Å². The summed E-state index contributed by atoms with van der Waals surface area (Å²) >= 11 is 0. The molecule has 25 heavy (non-hydrogen) atoms. The maximum absolute atomic E-state index is 12.9. The van der Waals surface area contributed by atoms with Crippen molar-refractivity contribution in [3.05, 3.63) is 57.8 Å². The zero-order chi connectivity index (χ0) is 18.0. The molecule has 2 heterocycles. The van der Waals surface area contributed by atoms with Crippen LogP contribution in [0, 0.1) is 0 Å². The van der Waals surface area contributed by atoms with Crippen molar-refractivity contribution in [2.45, 2.75) is 39.0 Å². The summed E-state index contributed by atoms with van der Waals surface area (Å²) in [5.41, 5.74) is 5.45. The highest BCUT2D eigenvalue weighted by atomic mass is 16.5. The van der Waals surface area contributed by atoms with Gasteiger partial charge in [-0.25, -0.2) is 4.98 Å². The Kier molecular flexibility index (Phi) is 4.59. The van der Waals surface area contributed by atoms with Crippen LogP contribution < -0.4 is 16.0 Å². The van der Waals surface area contributed by atoms with Gasteiger partial charge in [-0.15, -0.1) is 0 Å². The quantitative estimate of drug-likeness (QED) is 0.877. The highest BCUT2D eigenvalue weighted by Crippen LogP contribution is 2.28. The zero-order valence-electron chi connectivity index (χ0n) is 14.3. The van der Waals surface area contributed by atoms with Gasteiger partial charge in [0.1, 0.15) is 18.0 Å². The standard InChI is InChI=1S/C18H21N3O4/c1-18(2)17-20-13(10-14(19)22)15(16(23)21(17)8-9-25-18)24-11-12-6-4-3-5-7-12/h3-7H,8-11H2,1-2H3,(H2,19,22). The van der Waals surface area contributed by atoms with E-state index in [0.29, 0.717) is 19.0 Å². The van der Waals surface area contributed by atoms with Gasteiger partial charge in [-0.1, -0.05) is 30.3 Å². The number of aromatic nitrogens is 2. The molecule has 0 aliphatic carbocycles. The van der Waals surface area contributed by atoms with Crippen LogP contribution in [0.3, 0.4) is 0 Å². The van der Waals surface area contributed by atoms with E-state index in [1.807, 2.05) is 44.2 Å². The number of primary amides is 1. The average molecular weight is 343 g/mol. The second-order valence-corrected chi connectivity index (χ2v) is 6.44. The first-order valence-electron chi connectivity index (χ1n) is 8.11. The van der Waals surface area contributed by atoms with Gasteiger partial charge in [-0.2, -0.15) is 0 Å². The van der Waals surface area contributed by atoms with E-state index in [-0.39, 0.29) is 30.0 Å². The largest absolute Gasteiger partial charge is 0.482 e. The van der Waals surface area contributed by atoms with Crippen molar-refractivity contribution in [1.82, 2.24) is 9.55 Å². The third kappa shape index (κ3) is 3.56. The fraction of sp³-hybridized carbons (Fsp3) is 0.389. The summed E-state index contributed by atoms with van der Waals surface area (Å²) < 4.78 is 13.0. The van der Waals surface area contributed by atoms with Crippen molar-refractivity contribution in [3.63, 3.8) is 0 Å². The Labute approximate surface area is 145 Å². The normalized spacial score (nSPS) is 15.4. The van der Waals surface area contributed by atoms with Crippen molar-refractivity contribution in [2.24, 2.45) is 5.73 Å². The van der Waals surface area contributed by atoms with E-state index >= 15 is 0 Å². The Morgan fingerprint density at radius 3 is 2.76 bits per heavy atom. The Morgan fingerprint density at radius 2 is 2.08 bits per heavy atom. The fourth-order valence-electron chi connectivity index (χ4n) is 2.86. The molecular weight excluding hydrogens is 322 g/mol. The molecule has 0 fully saturated rings. The molecule has 0 atom stereocenters. The molecule has 0 unspecified atom stereocenters. The third-order valence-corrected chi connectivity index (χ3v) is 4.08. The van der Waals surface area contributed by atoms with E-state index < -0.39 is 11.5 Å². The number of hydrogen-bond donors (Lipinski definition) is 1. The van der Waals surface area contributed by atoms with Crippen LogP contribution in [0.5, 0.6) is 5.75 Å². The molecule has 1 aromatic carbocycles. The lowest BCUT2D eigenvalue weighted by Crippen LogP contribution is -2.42. The average Bonchev–Trinajstić information content (AvgIpc) is 2.56. The molecule has 2 N–H and O–H groups in total. The van der Waals surface area contributed by atoms with E-state index in [2.05, 4.69) is 4.98 Å². The molecule has 1 aliphatic rings. The monoisotopic (exact) mass is 343 g/mol. The maximum Gasteiger partial charge on any atom is 0.296 e. The Morgan fingerprint density at radius 1 is 1.36 bits per heavy atom. The predicted molar refractivity (Wildman–Crippen MR) is 91.1 cm³/mol. The van der Waals surface area contributed by atoms with Crippen LogP contribution in [0.2, 0.25) is 0 Å². The lowest BCUT2D eigenvalue weighted by molar-refractivity contribution is -0.117. The zero-order valence-corrected chi connectivity index (χ0v) is 14.3. The number of nitrogens with two attached hydrogens (primary N) is 1. The number of fused-ring (bicyclic) bond motifs is 1. The number of ether oxygens (including phenoxy) is 2. The predicted octanol–water partition coefficient (Wildman–Crippen LogP) is 1.12. The molecule has 0 bridgehead atoms. The van der Waals surface area contributed by atoms with Crippen LogP contribution in [-0.4, -0.2) is 22.1 Å². The van der Waals surface area contributed by atoms with Crippen LogP contribution in [0.1, 0.15) is 30.9 Å². The van der Waals surface area contributed by atoms with Gasteiger partial charge in [0.2, 0.25) is 11.7 Å². The van der Waals surface area contributed by atoms with Gasteiger partial charge in [0, 0.05) is 0 Å². The van der Waals surface area contributed by atoms with Crippen LogP contribution in [0.4, 0.5) is 0 Å². The van der Waals surface area contributed by atoms with Gasteiger partial charge in [0.25, 0.3) is 5.56 Å². The van der Waals surface area contributed by atoms with Crippen molar-refractivity contribution in [3.8, 4) is 5.75 Å². The second-order valence-electron chi connectivity index (χ2n) is 6.44. The molecule has 1 aromatic heterocycles. The summed E-state index contributed by atoms with van der Waals surface area (Å²) in [6, 6.07) is 9.48. The molecule has 7 heteroatoms. The first-order chi connectivity index (χ1) is 11.9. The van der Waals surface area contributed by atoms with Crippen molar-refractivity contribution >= 4 is 5.91 Å². The van der Waals surface area contributed by atoms with Crippen molar-refractivity contribution in [2.75, 3.05) is 6.61 Å². The van der Waals surface area contributed by atoms with Gasteiger partial charge >= 0.3 is 0 Å². The number of amides is 1. The number of carbonyl (C=O) groups is 1. The molecule has 1 amide bonds. The molecule has 0 saturated heterocycles. The SMILES string of the molecule is CC1(C)OCCn2c1nc(CC(N)=O)c(OCc1ccccc1)c2=O. The summed E-state index contributed by atoms with van der Waals surface area (Å²) in [7, 11) is 0. The summed E-state index contributed by atoms with van der Waals surface area (Å²) in [4.78, 5) is 28.8. The van der Waals surface area contributed by atoms with Gasteiger partial charge in [-0.3, -0.25) is 14.2 Å². The molecular formula is C18H21N3O4. The first kappa shape index (κ1) is 17.2. The highest BCUT2D eigenvalue weighted by Gasteiger charge is 2.33. The molecule has 3 rings (SSSR count). The van der Waals surface area contributed by atoms with E-state index in [0.717, 1.165) is 5.56 Å². The van der Waals surface area contributed by atoms with Crippen molar-refractivity contribution in [1.29, 1.82) is 0 Å². The van der Waals surface area contributed by atoms with Crippen LogP contribution in [0.15, 0.2) is 35.1 Å². The smallest absolute Gasteiger partial charge is 0.296 e. The Balaban J connectivity index is 2.03. The second kappa shape index (κ2) is 6.68. The number of carbonyl (C=O) groups excluding carboxylic acids is 1. The number of hydrogen-bond acceptors (Lipinski definition) is 5. The summed E-state index contributed by atoms with van der Waals surface area (Å²) in [6.45, 7) is 4.69. The molecule has 0 spiro atoms. The van der Waals surface area contributed by atoms with E-state index in [4.69, 9.17) is 15.2 Å². The minimum Gasteiger partial charge on any atom is -0.482 e. The van der Waals surface area contributed by atoms with Crippen LogP contribution in [-0.2, 0) is 34.7 Å². The van der Waals surface area contributed by atoms with E-state index in [1.54, 1.807) is 4.57 Å². The van der Waals surface area contributed by atoms with Gasteiger partial charge < -0.3 is 15.2 Å². The van der Waals surface area contributed by atoms with E-state index in [9.17, 15) is 9.59 Å². The lowest BCUT2D eigenvalue weighted by Gasteiger charge is -2.33. The highest BCUT2D eigenvalue weighted by molar-refractivity contribution is 5.76. The van der Waals surface area contributed by atoms with Gasteiger partial charge in [-0.05, 0) is 19.4 Å². The fourth-order valence-corrected chi connectivity index (χ4v) is 2.86. The molecule has 0 saturated carbocycles. The summed E-state index contributed by atoms with van der Waals surface area (Å²) in [5, 5.41) is 0. The lowest BCUT2D eigenvalue weighted by atomic mass is 10.1. The Hall–Kier alpha value is -2.67. The number of benzene rings is 1.